The van der Waals surface area contributed by atoms with Crippen LogP contribution in [0.15, 0.2) is 50.3 Å². The lowest BCUT2D eigenvalue weighted by molar-refractivity contribution is 0.344. The average molecular weight is 488 g/mol. The number of aromatic amines is 1. The van der Waals surface area contributed by atoms with Crippen LogP contribution < -0.4 is 9.46 Å². The van der Waals surface area contributed by atoms with Crippen molar-refractivity contribution in [2.45, 2.75) is 26.2 Å². The zero-order chi connectivity index (χ0) is 23.4. The van der Waals surface area contributed by atoms with Gasteiger partial charge in [-0.1, -0.05) is 19.1 Å². The van der Waals surface area contributed by atoms with Gasteiger partial charge in [0.2, 0.25) is 0 Å². The summed E-state index contributed by atoms with van der Waals surface area (Å²) in [6.07, 6.45) is 10.6. The highest BCUT2D eigenvalue weighted by Crippen LogP contribution is 2.33. The van der Waals surface area contributed by atoms with E-state index < -0.39 is 10.0 Å². The smallest absolute Gasteiger partial charge is 0.263 e. The monoisotopic (exact) mass is 487 g/mol. The molecular weight excluding hydrogens is 458 g/mol. The van der Waals surface area contributed by atoms with Crippen LogP contribution in [-0.4, -0.2) is 57.5 Å². The summed E-state index contributed by atoms with van der Waals surface area (Å²) in [6.45, 7) is 8.56. The molecule has 0 saturated carbocycles. The second-order valence-electron chi connectivity index (χ2n) is 8.21. The van der Waals surface area contributed by atoms with Crippen molar-refractivity contribution >= 4 is 51.2 Å². The molecule has 2 N–H and O–H groups in total. The number of hydrogen-bond acceptors (Lipinski definition) is 7. The number of allylic oxidation sites excluding steroid dienone is 4. The van der Waals surface area contributed by atoms with Gasteiger partial charge in [0.05, 0.1) is 24.0 Å². The third-order valence-electron chi connectivity index (χ3n) is 6.02. The first-order valence-electron chi connectivity index (χ1n) is 10.9. The molecule has 10 heteroatoms. The maximum atomic E-state index is 13.3. The van der Waals surface area contributed by atoms with Crippen LogP contribution in [0.25, 0.3) is 10.9 Å². The Morgan fingerprint density at radius 1 is 1.33 bits per heavy atom. The molecule has 176 valence electrons. The summed E-state index contributed by atoms with van der Waals surface area (Å²) in [5, 5.41) is 0.956. The van der Waals surface area contributed by atoms with Crippen molar-refractivity contribution in [3.8, 4) is 5.75 Å². The Bertz CT molecular complexity index is 1220. The van der Waals surface area contributed by atoms with Gasteiger partial charge in [-0.2, -0.15) is 4.40 Å². The van der Waals surface area contributed by atoms with Gasteiger partial charge in [-0.05, 0) is 50.1 Å². The van der Waals surface area contributed by atoms with Crippen LogP contribution in [0.3, 0.4) is 0 Å². The summed E-state index contributed by atoms with van der Waals surface area (Å²) >= 11 is 0.878. The fourth-order valence-electron chi connectivity index (χ4n) is 4.32. The lowest BCUT2D eigenvalue weighted by Crippen LogP contribution is -2.25. The van der Waals surface area contributed by atoms with Crippen LogP contribution in [0.4, 0.5) is 5.69 Å². The molecule has 0 radical (unpaired) electrons. The SMILES string of the molecule is C=NS/N=C1/C(S(=O)(=O)Nc2cc(OC)c3[nH]cc(CCN4CCCC4)c3c2)=CC=CC1C. The van der Waals surface area contributed by atoms with Crippen molar-refractivity contribution in [2.75, 3.05) is 31.5 Å². The van der Waals surface area contributed by atoms with E-state index in [9.17, 15) is 8.42 Å². The Labute approximate surface area is 199 Å². The number of benzene rings is 1. The third kappa shape index (κ3) is 5.18. The molecule has 1 aromatic heterocycles. The minimum Gasteiger partial charge on any atom is -0.494 e. The van der Waals surface area contributed by atoms with Crippen molar-refractivity contribution in [3.63, 3.8) is 0 Å². The van der Waals surface area contributed by atoms with E-state index in [0.29, 0.717) is 17.1 Å². The van der Waals surface area contributed by atoms with E-state index in [4.69, 9.17) is 4.74 Å². The highest BCUT2D eigenvalue weighted by Gasteiger charge is 2.28. The van der Waals surface area contributed by atoms with Crippen LogP contribution in [0, 0.1) is 5.92 Å². The molecular formula is C23H29N5O3S2. The van der Waals surface area contributed by atoms with Gasteiger partial charge >= 0.3 is 0 Å². The predicted octanol–water partition coefficient (Wildman–Crippen LogP) is 4.35. The summed E-state index contributed by atoms with van der Waals surface area (Å²) in [7, 11) is -2.30. The molecule has 2 heterocycles. The molecule has 1 aliphatic carbocycles. The van der Waals surface area contributed by atoms with Gasteiger partial charge in [0.15, 0.2) is 0 Å². The van der Waals surface area contributed by atoms with Gasteiger partial charge in [-0.15, -0.1) is 0 Å². The first kappa shape index (κ1) is 23.6. The summed E-state index contributed by atoms with van der Waals surface area (Å²) in [6, 6.07) is 3.56. The summed E-state index contributed by atoms with van der Waals surface area (Å²) < 4.78 is 42.9. The van der Waals surface area contributed by atoms with Crippen LogP contribution in [0.5, 0.6) is 5.75 Å². The number of nitrogens with zero attached hydrogens (tertiary/aromatic N) is 3. The topological polar surface area (TPSA) is 99.1 Å². The minimum absolute atomic E-state index is 0.121. The first-order chi connectivity index (χ1) is 15.9. The number of anilines is 1. The van der Waals surface area contributed by atoms with Crippen molar-refractivity contribution in [3.05, 3.63) is 47.0 Å². The Hall–Kier alpha value is -2.56. The van der Waals surface area contributed by atoms with E-state index >= 15 is 0 Å². The number of hydrogen-bond donors (Lipinski definition) is 2. The van der Waals surface area contributed by atoms with Crippen LogP contribution in [0.2, 0.25) is 0 Å². The molecule has 2 aromatic rings. The van der Waals surface area contributed by atoms with Gasteiger partial charge in [0.25, 0.3) is 10.0 Å². The number of ether oxygens (including phenoxy) is 1. The number of methoxy groups -OCH3 is 1. The van der Waals surface area contributed by atoms with Crippen molar-refractivity contribution in [1.82, 2.24) is 9.88 Å². The van der Waals surface area contributed by atoms with Gasteiger partial charge in [0, 0.05) is 36.8 Å². The van der Waals surface area contributed by atoms with Gasteiger partial charge in [-0.25, -0.2) is 12.8 Å². The summed E-state index contributed by atoms with van der Waals surface area (Å²) in [5.41, 5.74) is 2.88. The Balaban J connectivity index is 1.64. The van der Waals surface area contributed by atoms with Gasteiger partial charge < -0.3 is 14.6 Å². The second kappa shape index (κ2) is 10.1. The lowest BCUT2D eigenvalue weighted by Gasteiger charge is -2.19. The fraction of sp³-hybridized carbons (Fsp3) is 0.391. The number of fused-ring (bicyclic) bond motifs is 1. The predicted molar refractivity (Wildman–Crippen MR) is 138 cm³/mol. The standard InChI is InChI=1S/C23H29N5O3S2/c1-16-7-6-8-21(22(16)26-32-24-2)33(29,30)27-18-13-19-17(9-12-28-10-4-5-11-28)15-25-23(19)20(14-18)31-3/h6-8,13-16,25,27H,2,4-5,9-12H2,1,3H3/b26-22+. The van der Waals surface area contributed by atoms with Crippen LogP contribution in [-0.2, 0) is 16.4 Å². The molecule has 33 heavy (non-hydrogen) atoms. The zero-order valence-electron chi connectivity index (χ0n) is 18.9. The highest BCUT2D eigenvalue weighted by molar-refractivity contribution is 7.98. The molecule has 8 nitrogen and oxygen atoms in total. The molecule has 4 rings (SSSR count). The summed E-state index contributed by atoms with van der Waals surface area (Å²) in [4.78, 5) is 5.88. The van der Waals surface area contributed by atoms with Crippen LogP contribution in [0.1, 0.15) is 25.3 Å². The van der Waals surface area contributed by atoms with E-state index in [1.54, 1.807) is 25.3 Å². The second-order valence-corrected chi connectivity index (χ2v) is 10.5. The van der Waals surface area contributed by atoms with E-state index in [-0.39, 0.29) is 10.8 Å². The number of nitrogens with one attached hydrogen (secondary N) is 2. The Morgan fingerprint density at radius 2 is 2.12 bits per heavy atom. The number of H-pyrrole nitrogens is 1. The molecule has 2 aliphatic rings. The maximum Gasteiger partial charge on any atom is 0.263 e. The molecule has 1 aliphatic heterocycles. The van der Waals surface area contributed by atoms with E-state index in [1.807, 2.05) is 25.3 Å². The molecule has 1 atom stereocenters. The molecule has 1 aromatic carbocycles. The van der Waals surface area contributed by atoms with Gasteiger partial charge in [-0.3, -0.25) is 4.72 Å². The molecule has 1 unspecified atom stereocenters. The average Bonchev–Trinajstić information content (AvgIpc) is 3.45. The number of likely N-dealkylation sites (tertiary alicyclic amines) is 1. The number of aromatic nitrogens is 1. The highest BCUT2D eigenvalue weighted by atomic mass is 32.2. The third-order valence-corrected chi connectivity index (χ3v) is 7.85. The molecule has 0 amide bonds. The lowest BCUT2D eigenvalue weighted by atomic mass is 10.0. The van der Waals surface area contributed by atoms with E-state index in [2.05, 4.69) is 30.1 Å². The van der Waals surface area contributed by atoms with Crippen LogP contribution >= 0.6 is 12.1 Å². The van der Waals surface area contributed by atoms with Crippen molar-refractivity contribution < 1.29 is 13.2 Å². The van der Waals surface area contributed by atoms with Gasteiger partial charge in [0.1, 0.15) is 22.8 Å². The molecule has 0 spiro atoms. The quantitative estimate of drug-likeness (QED) is 0.405. The molecule has 1 saturated heterocycles. The van der Waals surface area contributed by atoms with Crippen molar-refractivity contribution in [1.29, 1.82) is 0 Å². The largest absolute Gasteiger partial charge is 0.494 e. The fourth-order valence-corrected chi connectivity index (χ4v) is 6.09. The van der Waals surface area contributed by atoms with E-state index in [1.165, 1.54) is 12.8 Å². The minimum atomic E-state index is -3.88. The molecule has 1 fully saturated rings. The summed E-state index contributed by atoms with van der Waals surface area (Å²) in [5.74, 6) is 0.429. The Kier molecular flexibility index (Phi) is 7.26. The van der Waals surface area contributed by atoms with E-state index in [0.717, 1.165) is 54.7 Å². The zero-order valence-corrected chi connectivity index (χ0v) is 20.5. The van der Waals surface area contributed by atoms with Crippen molar-refractivity contribution in [2.24, 2.45) is 14.7 Å². The maximum absolute atomic E-state index is 13.3. The first-order valence-corrected chi connectivity index (χ1v) is 13.2. The molecule has 0 bridgehead atoms. The number of rotatable bonds is 9. The number of sulfonamides is 1. The normalized spacial score (nSPS) is 20.4. The Morgan fingerprint density at radius 3 is 2.85 bits per heavy atom.